The molecule has 0 aliphatic carbocycles. The van der Waals surface area contributed by atoms with Gasteiger partial charge < -0.3 is 5.32 Å². The van der Waals surface area contributed by atoms with E-state index >= 15 is 0 Å². The van der Waals surface area contributed by atoms with E-state index in [1.807, 2.05) is 26.8 Å². The molecule has 2 heterocycles. The van der Waals surface area contributed by atoms with Crippen LogP contribution in [-0.4, -0.2) is 14.9 Å². The molecule has 1 aliphatic rings. The van der Waals surface area contributed by atoms with E-state index in [9.17, 15) is 17.4 Å². The number of alkyl halides is 3. The Morgan fingerprint density at radius 3 is 2.63 bits per heavy atom. The average Bonchev–Trinajstić information content (AvgIpc) is 2.78. The maximum Gasteiger partial charge on any atom is 0.433 e. The van der Waals surface area contributed by atoms with E-state index in [-0.39, 0.29) is 12.4 Å². The highest BCUT2D eigenvalue weighted by Gasteiger charge is 2.34. The van der Waals surface area contributed by atoms with Crippen LogP contribution in [0.25, 0.3) is 0 Å². The van der Waals surface area contributed by atoms with E-state index in [1.54, 1.807) is 10.4 Å². The highest BCUT2D eigenvalue weighted by atomic mass is 32.2. The standard InChI is InChI=1S/C19H22F3N3OS/c1-4-5-10-27(26)25-11-14-7-9-16(19(20,21)22)24-18(14)23-15-8-6-12(2)13(3)17(15)25/h6-9H,4-5,10-11H2,1-3H3,(H,23,24). The molecule has 8 heteroatoms. The molecule has 2 aromatic rings. The molecule has 1 atom stereocenters. The number of aryl methyl sites for hydroxylation is 1. The minimum atomic E-state index is -4.52. The number of anilines is 3. The Labute approximate surface area is 159 Å². The van der Waals surface area contributed by atoms with Crippen LogP contribution in [0.5, 0.6) is 0 Å². The molecular weight excluding hydrogens is 375 g/mol. The van der Waals surface area contributed by atoms with Crippen molar-refractivity contribution < 1.29 is 17.4 Å². The van der Waals surface area contributed by atoms with Gasteiger partial charge in [0.1, 0.15) is 22.5 Å². The Morgan fingerprint density at radius 1 is 1.22 bits per heavy atom. The fourth-order valence-electron chi connectivity index (χ4n) is 3.02. The first-order chi connectivity index (χ1) is 12.7. The maximum absolute atomic E-state index is 13.1. The summed E-state index contributed by atoms with van der Waals surface area (Å²) in [4.78, 5) is 3.79. The van der Waals surface area contributed by atoms with Crippen molar-refractivity contribution in [2.45, 2.75) is 46.3 Å². The van der Waals surface area contributed by atoms with Gasteiger partial charge in [-0.2, -0.15) is 13.2 Å². The van der Waals surface area contributed by atoms with E-state index in [0.717, 1.165) is 35.7 Å². The number of unbranched alkanes of at least 4 members (excludes halogenated alkanes) is 1. The Kier molecular flexibility index (Phi) is 5.46. The Bertz CT molecular complexity index is 883. The van der Waals surface area contributed by atoms with Crippen LogP contribution < -0.4 is 9.62 Å². The number of hydrogen-bond acceptors (Lipinski definition) is 3. The SMILES string of the molecule is CCCCS(=O)N1Cc2ccc(C(F)(F)F)nc2Nc2ccc(C)c(C)c21. The number of halogens is 3. The smallest absolute Gasteiger partial charge is 0.338 e. The fraction of sp³-hybridized carbons (Fsp3) is 0.421. The van der Waals surface area contributed by atoms with Crippen molar-refractivity contribution in [1.29, 1.82) is 0 Å². The van der Waals surface area contributed by atoms with Gasteiger partial charge in [0.2, 0.25) is 0 Å². The molecular formula is C19H22F3N3OS. The van der Waals surface area contributed by atoms with Crippen LogP contribution in [0, 0.1) is 13.8 Å². The van der Waals surface area contributed by atoms with Crippen LogP contribution in [0.4, 0.5) is 30.4 Å². The zero-order chi connectivity index (χ0) is 19.8. The van der Waals surface area contributed by atoms with Gasteiger partial charge in [0.15, 0.2) is 0 Å². The van der Waals surface area contributed by atoms with Crippen molar-refractivity contribution in [2.24, 2.45) is 0 Å². The van der Waals surface area contributed by atoms with Crippen molar-refractivity contribution in [3.05, 3.63) is 46.6 Å². The lowest BCUT2D eigenvalue weighted by Crippen LogP contribution is -2.27. The highest BCUT2D eigenvalue weighted by molar-refractivity contribution is 7.86. The van der Waals surface area contributed by atoms with Crippen molar-refractivity contribution in [3.8, 4) is 0 Å². The minimum absolute atomic E-state index is 0.157. The van der Waals surface area contributed by atoms with Gasteiger partial charge in [-0.05, 0) is 43.5 Å². The first kappa shape index (κ1) is 19.7. The summed E-state index contributed by atoms with van der Waals surface area (Å²) >= 11 is 0. The van der Waals surface area contributed by atoms with Crippen LogP contribution in [0.2, 0.25) is 0 Å². The highest BCUT2D eigenvalue weighted by Crippen LogP contribution is 2.40. The first-order valence-electron chi connectivity index (χ1n) is 8.82. The molecule has 3 rings (SSSR count). The van der Waals surface area contributed by atoms with Gasteiger partial charge in [0, 0.05) is 11.3 Å². The predicted molar refractivity (Wildman–Crippen MR) is 103 cm³/mol. The van der Waals surface area contributed by atoms with Crippen molar-refractivity contribution in [2.75, 3.05) is 15.4 Å². The van der Waals surface area contributed by atoms with Crippen LogP contribution >= 0.6 is 0 Å². The lowest BCUT2D eigenvalue weighted by Gasteiger charge is -2.26. The quantitative estimate of drug-likeness (QED) is 0.767. The van der Waals surface area contributed by atoms with Crippen molar-refractivity contribution >= 4 is 28.2 Å². The van der Waals surface area contributed by atoms with Gasteiger partial charge in [-0.15, -0.1) is 0 Å². The molecule has 0 saturated carbocycles. The Balaban J connectivity index is 2.12. The summed E-state index contributed by atoms with van der Waals surface area (Å²) in [6, 6.07) is 6.09. The number of aromatic nitrogens is 1. The van der Waals surface area contributed by atoms with E-state index < -0.39 is 22.9 Å². The number of pyridine rings is 1. The average molecular weight is 397 g/mol. The van der Waals surface area contributed by atoms with Gasteiger partial charge in [-0.1, -0.05) is 25.5 Å². The zero-order valence-electron chi connectivity index (χ0n) is 15.5. The van der Waals surface area contributed by atoms with E-state index in [2.05, 4.69) is 10.3 Å². The molecule has 1 aromatic heterocycles. The van der Waals surface area contributed by atoms with Gasteiger partial charge >= 0.3 is 6.18 Å². The van der Waals surface area contributed by atoms with Gasteiger partial charge in [0.25, 0.3) is 0 Å². The molecule has 0 fully saturated rings. The van der Waals surface area contributed by atoms with Crippen molar-refractivity contribution in [1.82, 2.24) is 4.98 Å². The number of rotatable bonds is 4. The third kappa shape index (κ3) is 3.95. The molecule has 0 saturated heterocycles. The van der Waals surface area contributed by atoms with Crippen LogP contribution in [0.1, 0.15) is 42.1 Å². The van der Waals surface area contributed by atoms with Crippen molar-refractivity contribution in [3.63, 3.8) is 0 Å². The lowest BCUT2D eigenvalue weighted by molar-refractivity contribution is -0.141. The van der Waals surface area contributed by atoms with Crippen LogP contribution in [0.3, 0.4) is 0 Å². The fourth-order valence-corrected chi connectivity index (χ4v) is 4.50. The number of hydrogen-bond donors (Lipinski definition) is 1. The summed E-state index contributed by atoms with van der Waals surface area (Å²) in [6.07, 6.45) is -2.78. The summed E-state index contributed by atoms with van der Waals surface area (Å²) < 4.78 is 54.0. The normalized spacial score (nSPS) is 14.8. The molecule has 1 aromatic carbocycles. The largest absolute Gasteiger partial charge is 0.433 e. The zero-order valence-corrected chi connectivity index (χ0v) is 16.3. The van der Waals surface area contributed by atoms with Gasteiger partial charge in [-0.25, -0.2) is 9.19 Å². The molecule has 0 amide bonds. The summed E-state index contributed by atoms with van der Waals surface area (Å²) in [7, 11) is -1.28. The number of nitrogens with zero attached hydrogens (tertiary/aromatic N) is 2. The molecule has 0 radical (unpaired) electrons. The second kappa shape index (κ2) is 7.50. The minimum Gasteiger partial charge on any atom is -0.338 e. The summed E-state index contributed by atoms with van der Waals surface area (Å²) in [5.74, 6) is 0.663. The second-order valence-electron chi connectivity index (χ2n) is 6.65. The molecule has 0 spiro atoms. The molecule has 27 heavy (non-hydrogen) atoms. The molecule has 1 N–H and O–H groups in total. The van der Waals surface area contributed by atoms with Crippen LogP contribution in [-0.2, 0) is 23.7 Å². The monoisotopic (exact) mass is 397 g/mol. The Morgan fingerprint density at radius 2 is 1.96 bits per heavy atom. The number of nitrogens with one attached hydrogen (secondary N) is 1. The molecule has 4 nitrogen and oxygen atoms in total. The number of fused-ring (bicyclic) bond motifs is 2. The van der Waals surface area contributed by atoms with Gasteiger partial charge in [-0.3, -0.25) is 4.31 Å². The molecule has 1 unspecified atom stereocenters. The molecule has 1 aliphatic heterocycles. The third-order valence-corrected chi connectivity index (χ3v) is 6.15. The predicted octanol–water partition coefficient (Wildman–Crippen LogP) is 5.24. The van der Waals surface area contributed by atoms with E-state index in [0.29, 0.717) is 17.0 Å². The van der Waals surface area contributed by atoms with E-state index in [1.165, 1.54) is 6.07 Å². The molecule has 146 valence electrons. The summed E-state index contributed by atoms with van der Waals surface area (Å²) in [5.41, 5.74) is 3.00. The first-order valence-corrected chi connectivity index (χ1v) is 10.1. The van der Waals surface area contributed by atoms with Crippen LogP contribution in [0.15, 0.2) is 24.3 Å². The molecule has 0 bridgehead atoms. The van der Waals surface area contributed by atoms with E-state index in [4.69, 9.17) is 0 Å². The summed E-state index contributed by atoms with van der Waals surface area (Å²) in [5, 5.41) is 3.04. The number of benzene rings is 1. The van der Waals surface area contributed by atoms with Gasteiger partial charge in [0.05, 0.1) is 17.9 Å². The second-order valence-corrected chi connectivity index (χ2v) is 8.14. The third-order valence-electron chi connectivity index (χ3n) is 4.71. The topological polar surface area (TPSA) is 45.2 Å². The Hall–Kier alpha value is -2.09. The maximum atomic E-state index is 13.1. The summed E-state index contributed by atoms with van der Waals surface area (Å²) in [6.45, 7) is 6.16. The lowest BCUT2D eigenvalue weighted by atomic mass is 10.1.